The molecule has 2 bridgehead atoms. The Hall–Kier alpha value is -1.33. The maximum Gasteiger partial charge on any atom is 0.174 e. The number of nitrogens with one attached hydrogen (secondary N) is 1. The van der Waals surface area contributed by atoms with E-state index in [-0.39, 0.29) is 17.7 Å². The number of allylic oxidation sites excluding steroid dienone is 3. The number of carbonyl (C=O) groups is 1. The van der Waals surface area contributed by atoms with Crippen molar-refractivity contribution < 1.29 is 19.4 Å². The molecule has 2 heterocycles. The normalized spacial score (nSPS) is 51.5. The van der Waals surface area contributed by atoms with Gasteiger partial charge in [0.1, 0.15) is 5.76 Å². The van der Waals surface area contributed by atoms with Crippen LogP contribution in [-0.4, -0.2) is 42.3 Å². The number of ketones is 1. The van der Waals surface area contributed by atoms with Crippen molar-refractivity contribution in [2.45, 2.75) is 43.4 Å². The molecule has 5 aliphatic rings. The summed E-state index contributed by atoms with van der Waals surface area (Å²) in [7, 11) is 1.64. The topological polar surface area (TPSA) is 67.8 Å². The second-order valence-corrected chi connectivity index (χ2v) is 7.35. The van der Waals surface area contributed by atoms with Crippen LogP contribution in [0.5, 0.6) is 0 Å². The third-order valence-electron chi connectivity index (χ3n) is 6.80. The fourth-order valence-electron chi connectivity index (χ4n) is 5.98. The number of hydrogen-bond donors (Lipinski definition) is 2. The summed E-state index contributed by atoms with van der Waals surface area (Å²) in [5.41, 5.74) is -1.33. The van der Waals surface area contributed by atoms with Gasteiger partial charge in [0.2, 0.25) is 0 Å². The minimum Gasteiger partial charge on any atom is -0.493 e. The van der Waals surface area contributed by atoms with Gasteiger partial charge in [-0.1, -0.05) is 6.08 Å². The number of methoxy groups -OCH3 is 1. The first kappa shape index (κ1) is 13.1. The van der Waals surface area contributed by atoms with Gasteiger partial charge in [-0.3, -0.25) is 4.79 Å². The van der Waals surface area contributed by atoms with E-state index in [1.54, 1.807) is 7.11 Å². The molecule has 0 aromatic rings. The molecule has 6 atom stereocenters. The van der Waals surface area contributed by atoms with Crippen LogP contribution < -0.4 is 5.32 Å². The van der Waals surface area contributed by atoms with Gasteiger partial charge in [0, 0.05) is 18.4 Å². The number of carbonyl (C=O) groups excluding carboxylic acids is 1. The molecule has 22 heavy (non-hydrogen) atoms. The Morgan fingerprint density at radius 2 is 2.32 bits per heavy atom. The molecule has 118 valence electrons. The van der Waals surface area contributed by atoms with E-state index in [1.165, 1.54) is 0 Å². The third-order valence-corrected chi connectivity index (χ3v) is 6.80. The molecular weight excluding hydrogens is 282 g/mol. The van der Waals surface area contributed by atoms with Gasteiger partial charge in [0.05, 0.1) is 18.1 Å². The van der Waals surface area contributed by atoms with Crippen LogP contribution >= 0.6 is 0 Å². The summed E-state index contributed by atoms with van der Waals surface area (Å²) in [6.45, 7) is 0.836. The van der Waals surface area contributed by atoms with E-state index >= 15 is 0 Å². The highest BCUT2D eigenvalue weighted by Crippen LogP contribution is 2.68. The van der Waals surface area contributed by atoms with Crippen LogP contribution in [0.4, 0.5) is 0 Å². The summed E-state index contributed by atoms with van der Waals surface area (Å²) in [5.74, 6) is 2.04. The lowest BCUT2D eigenvalue weighted by Crippen LogP contribution is -2.76. The number of ether oxygens (including phenoxy) is 2. The highest BCUT2D eigenvalue weighted by Gasteiger charge is 2.76. The lowest BCUT2D eigenvalue weighted by molar-refractivity contribution is -0.216. The van der Waals surface area contributed by atoms with Crippen molar-refractivity contribution in [1.82, 2.24) is 5.32 Å². The maximum atomic E-state index is 12.6. The first-order valence-corrected chi connectivity index (χ1v) is 8.23. The van der Waals surface area contributed by atoms with Crippen LogP contribution in [0, 0.1) is 17.3 Å². The van der Waals surface area contributed by atoms with Crippen LogP contribution in [0.3, 0.4) is 0 Å². The third kappa shape index (κ3) is 1.20. The minimum absolute atomic E-state index is 0.0507. The monoisotopic (exact) mass is 303 g/mol. The average Bonchev–Trinajstić information content (AvgIpc) is 2.85. The lowest BCUT2D eigenvalue weighted by Gasteiger charge is -2.63. The quantitative estimate of drug-likeness (QED) is 0.753. The lowest BCUT2D eigenvalue weighted by atomic mass is 9.44. The van der Waals surface area contributed by atoms with E-state index < -0.39 is 17.1 Å². The molecule has 5 rings (SSSR count). The highest BCUT2D eigenvalue weighted by atomic mass is 16.5. The fourth-order valence-corrected chi connectivity index (χ4v) is 5.98. The smallest absolute Gasteiger partial charge is 0.174 e. The van der Waals surface area contributed by atoms with Crippen molar-refractivity contribution in [3.8, 4) is 0 Å². The Kier molecular flexibility index (Phi) is 2.36. The molecule has 2 N–H and O–H groups in total. The Bertz CT molecular complexity index is 626. The summed E-state index contributed by atoms with van der Waals surface area (Å²) in [6, 6.07) is 0.0507. The maximum absolute atomic E-state index is 12.6. The van der Waals surface area contributed by atoms with Gasteiger partial charge in [-0.2, -0.15) is 0 Å². The number of piperidine rings is 1. The molecule has 0 radical (unpaired) electrons. The summed E-state index contributed by atoms with van der Waals surface area (Å²) in [5, 5.41) is 15.1. The molecule has 4 fully saturated rings. The van der Waals surface area contributed by atoms with E-state index in [0.717, 1.165) is 30.9 Å². The van der Waals surface area contributed by atoms with Gasteiger partial charge in [0.15, 0.2) is 17.6 Å². The predicted molar refractivity (Wildman–Crippen MR) is 77.7 cm³/mol. The number of aliphatic hydroxyl groups is 1. The van der Waals surface area contributed by atoms with Crippen LogP contribution in [0.25, 0.3) is 0 Å². The van der Waals surface area contributed by atoms with Crippen LogP contribution in [0.1, 0.15) is 25.7 Å². The van der Waals surface area contributed by atoms with Crippen LogP contribution in [0.2, 0.25) is 0 Å². The van der Waals surface area contributed by atoms with Crippen molar-refractivity contribution in [1.29, 1.82) is 0 Å². The highest BCUT2D eigenvalue weighted by molar-refractivity contribution is 5.87. The summed E-state index contributed by atoms with van der Waals surface area (Å²) < 4.78 is 11.7. The van der Waals surface area contributed by atoms with Gasteiger partial charge < -0.3 is 19.9 Å². The molecule has 3 aliphatic carbocycles. The number of rotatable bonds is 1. The number of Topliss-reactive ketones (excluding diaryl/α,β-unsaturated/α-hetero) is 1. The van der Waals surface area contributed by atoms with E-state index in [0.29, 0.717) is 18.8 Å². The molecule has 0 amide bonds. The predicted octanol–water partition coefficient (Wildman–Crippen LogP) is 0.891. The molecule has 2 saturated carbocycles. The molecule has 0 aromatic heterocycles. The Morgan fingerprint density at radius 1 is 1.45 bits per heavy atom. The summed E-state index contributed by atoms with van der Waals surface area (Å²) >= 11 is 0. The molecule has 1 spiro atoms. The Labute approximate surface area is 129 Å². The van der Waals surface area contributed by atoms with Crippen LogP contribution in [-0.2, 0) is 14.3 Å². The standard InChI is InChI=1S/C17H21NO4/c1-21-11-3-2-9-8-12-17(20)5-4-10(19)15-16(17,6-7-18-12)13(9)14(11)22-15/h2-3,9,12-13,15,18,20H,4-8H2,1H3/t9?,12-,13?,15+,16+,17-/m1/s1. The molecule has 2 unspecified atom stereocenters. The van der Waals surface area contributed by atoms with Crippen molar-refractivity contribution in [2.24, 2.45) is 17.3 Å². The van der Waals surface area contributed by atoms with E-state index in [1.807, 2.05) is 6.08 Å². The van der Waals surface area contributed by atoms with E-state index in [2.05, 4.69) is 11.4 Å². The minimum atomic E-state index is -0.850. The van der Waals surface area contributed by atoms with Crippen LogP contribution in [0.15, 0.2) is 23.7 Å². The molecule has 5 heteroatoms. The molecule has 0 aromatic carbocycles. The van der Waals surface area contributed by atoms with E-state index in [9.17, 15) is 9.90 Å². The van der Waals surface area contributed by atoms with Crippen molar-refractivity contribution in [3.05, 3.63) is 23.7 Å². The first-order chi connectivity index (χ1) is 10.6. The largest absolute Gasteiger partial charge is 0.493 e. The van der Waals surface area contributed by atoms with Gasteiger partial charge in [-0.15, -0.1) is 0 Å². The molecule has 2 saturated heterocycles. The van der Waals surface area contributed by atoms with Gasteiger partial charge in [-0.25, -0.2) is 0 Å². The van der Waals surface area contributed by atoms with Gasteiger partial charge in [-0.05, 0) is 37.8 Å². The molecule has 2 aliphatic heterocycles. The first-order valence-electron chi connectivity index (χ1n) is 8.23. The second-order valence-electron chi connectivity index (χ2n) is 7.35. The van der Waals surface area contributed by atoms with Crippen molar-refractivity contribution in [2.75, 3.05) is 13.7 Å². The van der Waals surface area contributed by atoms with Gasteiger partial charge >= 0.3 is 0 Å². The van der Waals surface area contributed by atoms with Crippen molar-refractivity contribution >= 4 is 5.78 Å². The summed E-state index contributed by atoms with van der Waals surface area (Å²) in [4.78, 5) is 12.6. The Morgan fingerprint density at radius 3 is 3.14 bits per heavy atom. The SMILES string of the molecule is COC1=C2O[C@H]3C(=O)CC[C@@]4(O)[C@H]5CC(C=C1)C2[C@@]34CCN5. The zero-order chi connectivity index (χ0) is 15.1. The molecular formula is C17H21NO4. The Balaban J connectivity index is 1.77. The average molecular weight is 303 g/mol. The second kappa shape index (κ2) is 3.95. The zero-order valence-corrected chi connectivity index (χ0v) is 12.7. The number of hydrogen-bond acceptors (Lipinski definition) is 5. The summed E-state index contributed by atoms with van der Waals surface area (Å²) in [6.07, 6.45) is 6.27. The van der Waals surface area contributed by atoms with Gasteiger partial charge in [0.25, 0.3) is 0 Å². The fraction of sp³-hybridized carbons (Fsp3) is 0.706. The van der Waals surface area contributed by atoms with E-state index in [4.69, 9.17) is 9.47 Å². The zero-order valence-electron chi connectivity index (χ0n) is 12.7. The molecule has 5 nitrogen and oxygen atoms in total. The van der Waals surface area contributed by atoms with Crippen molar-refractivity contribution in [3.63, 3.8) is 0 Å².